The summed E-state index contributed by atoms with van der Waals surface area (Å²) in [6.07, 6.45) is 4.67. The van der Waals surface area contributed by atoms with Gasteiger partial charge in [0.05, 0.1) is 0 Å². The average Bonchev–Trinajstić information content (AvgIpc) is 2.99. The summed E-state index contributed by atoms with van der Waals surface area (Å²) in [5.74, 6) is 0. The zero-order chi connectivity index (χ0) is 15.1. The highest BCUT2D eigenvalue weighted by Gasteiger charge is 2.24. The molecule has 1 unspecified atom stereocenters. The van der Waals surface area contributed by atoms with Crippen LogP contribution in [-0.2, 0) is 10.0 Å². The second-order valence-corrected chi connectivity index (χ2v) is 7.23. The fraction of sp³-hybridized carbons (Fsp3) is 0.500. The quantitative estimate of drug-likeness (QED) is 0.842. The number of benzene rings is 1. The van der Waals surface area contributed by atoms with E-state index in [2.05, 4.69) is 5.32 Å². The van der Waals surface area contributed by atoms with E-state index < -0.39 is 10.0 Å². The molecule has 1 heterocycles. The van der Waals surface area contributed by atoms with Gasteiger partial charge in [-0.3, -0.25) is 0 Å². The zero-order valence-corrected chi connectivity index (χ0v) is 13.3. The van der Waals surface area contributed by atoms with Crippen LogP contribution in [0.3, 0.4) is 0 Å². The van der Waals surface area contributed by atoms with Gasteiger partial charge in [-0.15, -0.1) is 0 Å². The number of nitrogens with one attached hydrogen (secondary N) is 1. The Kier molecular flexibility index (Phi) is 5.96. The molecule has 0 amide bonds. The Morgan fingerprint density at radius 1 is 1.33 bits per heavy atom. The molecule has 1 fully saturated rings. The van der Waals surface area contributed by atoms with Crippen molar-refractivity contribution in [2.45, 2.75) is 32.2 Å². The first-order valence-corrected chi connectivity index (χ1v) is 9.09. The third-order valence-electron chi connectivity index (χ3n) is 3.65. The Balaban J connectivity index is 2.07. The second-order valence-electron chi connectivity index (χ2n) is 5.41. The molecule has 0 radical (unpaired) electrons. The molecular formula is C16H24N2O2S. The molecule has 1 aromatic rings. The van der Waals surface area contributed by atoms with Crippen molar-refractivity contribution in [3.05, 3.63) is 41.3 Å². The molecule has 0 saturated carbocycles. The monoisotopic (exact) mass is 308 g/mol. The van der Waals surface area contributed by atoms with Crippen molar-refractivity contribution >= 4 is 16.1 Å². The molecule has 1 aliphatic rings. The van der Waals surface area contributed by atoms with Crippen LogP contribution in [0.15, 0.2) is 35.7 Å². The van der Waals surface area contributed by atoms with Crippen LogP contribution in [0.5, 0.6) is 0 Å². The molecule has 1 N–H and O–H groups in total. The highest BCUT2D eigenvalue weighted by Crippen LogP contribution is 2.13. The summed E-state index contributed by atoms with van der Waals surface area (Å²) < 4.78 is 26.6. The molecule has 0 bridgehead atoms. The predicted molar refractivity (Wildman–Crippen MR) is 87.3 cm³/mol. The summed E-state index contributed by atoms with van der Waals surface area (Å²) in [5, 5.41) is 4.69. The van der Waals surface area contributed by atoms with E-state index in [1.165, 1.54) is 5.41 Å². The normalized spacial score (nSPS) is 19.6. The van der Waals surface area contributed by atoms with E-state index in [-0.39, 0.29) is 6.04 Å². The van der Waals surface area contributed by atoms with E-state index in [9.17, 15) is 8.42 Å². The number of rotatable bonds is 7. The average molecular weight is 308 g/mol. The SMILES string of the molecule is CCCN(CC1CCCN1)S(=O)(=O)/C=C/c1ccccc1. The lowest BCUT2D eigenvalue weighted by molar-refractivity contribution is 0.374. The summed E-state index contributed by atoms with van der Waals surface area (Å²) in [5.41, 5.74) is 0.900. The largest absolute Gasteiger partial charge is 0.313 e. The van der Waals surface area contributed by atoms with Crippen LogP contribution in [0.25, 0.3) is 6.08 Å². The van der Waals surface area contributed by atoms with E-state index in [1.807, 2.05) is 37.3 Å². The van der Waals surface area contributed by atoms with Crippen LogP contribution >= 0.6 is 0 Å². The van der Waals surface area contributed by atoms with Crippen molar-refractivity contribution in [3.63, 3.8) is 0 Å². The van der Waals surface area contributed by atoms with Crippen molar-refractivity contribution in [3.8, 4) is 0 Å². The van der Waals surface area contributed by atoms with E-state index in [4.69, 9.17) is 0 Å². The van der Waals surface area contributed by atoms with E-state index >= 15 is 0 Å². The number of sulfonamides is 1. The topological polar surface area (TPSA) is 49.4 Å². The van der Waals surface area contributed by atoms with Gasteiger partial charge in [0.2, 0.25) is 10.0 Å². The first-order chi connectivity index (χ1) is 10.1. The van der Waals surface area contributed by atoms with Crippen LogP contribution in [0, 0.1) is 0 Å². The van der Waals surface area contributed by atoms with Crippen molar-refractivity contribution in [1.29, 1.82) is 0 Å². The third kappa shape index (κ3) is 4.95. The molecule has 2 rings (SSSR count). The molecule has 5 heteroatoms. The minimum absolute atomic E-state index is 0.288. The van der Waals surface area contributed by atoms with Gasteiger partial charge in [0.25, 0.3) is 0 Å². The maximum absolute atomic E-state index is 12.5. The van der Waals surface area contributed by atoms with Crippen LogP contribution in [-0.4, -0.2) is 38.4 Å². The van der Waals surface area contributed by atoms with Crippen LogP contribution in [0.2, 0.25) is 0 Å². The number of hydrogen-bond acceptors (Lipinski definition) is 3. The predicted octanol–water partition coefficient (Wildman–Crippen LogP) is 2.45. The van der Waals surface area contributed by atoms with Crippen LogP contribution in [0.4, 0.5) is 0 Å². The minimum Gasteiger partial charge on any atom is -0.313 e. The minimum atomic E-state index is -3.36. The van der Waals surface area contributed by atoms with Crippen LogP contribution < -0.4 is 5.32 Å². The van der Waals surface area contributed by atoms with Gasteiger partial charge in [0, 0.05) is 24.5 Å². The van der Waals surface area contributed by atoms with Gasteiger partial charge >= 0.3 is 0 Å². The molecule has 21 heavy (non-hydrogen) atoms. The fourth-order valence-electron chi connectivity index (χ4n) is 2.54. The standard InChI is InChI=1S/C16H24N2O2S/c1-2-12-18(14-16-9-6-11-17-16)21(19,20)13-10-15-7-4-3-5-8-15/h3-5,7-8,10,13,16-17H,2,6,9,11-12,14H2,1H3/b13-10+. The fourth-order valence-corrected chi connectivity index (χ4v) is 3.87. The molecule has 1 aliphatic heterocycles. The second kappa shape index (κ2) is 7.73. The number of nitrogens with zero attached hydrogens (tertiary/aromatic N) is 1. The van der Waals surface area contributed by atoms with Gasteiger partial charge in [0.1, 0.15) is 0 Å². The molecule has 1 atom stereocenters. The van der Waals surface area contributed by atoms with Gasteiger partial charge in [-0.25, -0.2) is 8.42 Å². The highest BCUT2D eigenvalue weighted by atomic mass is 32.2. The lowest BCUT2D eigenvalue weighted by atomic mass is 10.2. The van der Waals surface area contributed by atoms with Gasteiger partial charge in [0.15, 0.2) is 0 Å². The molecule has 0 aromatic heterocycles. The van der Waals surface area contributed by atoms with Gasteiger partial charge < -0.3 is 5.32 Å². The first kappa shape index (κ1) is 16.2. The van der Waals surface area contributed by atoms with Crippen LogP contribution in [0.1, 0.15) is 31.7 Å². The van der Waals surface area contributed by atoms with E-state index in [0.717, 1.165) is 31.4 Å². The molecule has 1 saturated heterocycles. The van der Waals surface area contributed by atoms with E-state index in [1.54, 1.807) is 10.4 Å². The lowest BCUT2D eigenvalue weighted by Crippen LogP contribution is -2.40. The summed E-state index contributed by atoms with van der Waals surface area (Å²) >= 11 is 0. The molecule has 116 valence electrons. The summed E-state index contributed by atoms with van der Waals surface area (Å²) in [6.45, 7) is 4.13. The molecule has 1 aromatic carbocycles. The van der Waals surface area contributed by atoms with Crippen molar-refractivity contribution in [2.75, 3.05) is 19.6 Å². The molecule has 0 aliphatic carbocycles. The zero-order valence-electron chi connectivity index (χ0n) is 12.5. The summed E-state index contributed by atoms with van der Waals surface area (Å²) in [4.78, 5) is 0. The lowest BCUT2D eigenvalue weighted by Gasteiger charge is -2.23. The molecular weight excluding hydrogens is 284 g/mol. The van der Waals surface area contributed by atoms with Gasteiger partial charge in [-0.2, -0.15) is 4.31 Å². The number of hydrogen-bond donors (Lipinski definition) is 1. The Hall–Kier alpha value is -1.17. The highest BCUT2D eigenvalue weighted by molar-refractivity contribution is 7.92. The van der Waals surface area contributed by atoms with Crippen molar-refractivity contribution in [1.82, 2.24) is 9.62 Å². The van der Waals surface area contributed by atoms with Crippen molar-refractivity contribution in [2.24, 2.45) is 0 Å². The molecule has 0 spiro atoms. The van der Waals surface area contributed by atoms with Gasteiger partial charge in [-0.05, 0) is 37.4 Å². The maximum atomic E-state index is 12.5. The maximum Gasteiger partial charge on any atom is 0.236 e. The summed E-state index contributed by atoms with van der Waals surface area (Å²) in [6, 6.07) is 9.80. The van der Waals surface area contributed by atoms with Crippen molar-refractivity contribution < 1.29 is 8.42 Å². The van der Waals surface area contributed by atoms with E-state index in [0.29, 0.717) is 13.1 Å². The Morgan fingerprint density at radius 3 is 2.71 bits per heavy atom. The molecule has 4 nitrogen and oxygen atoms in total. The summed E-state index contributed by atoms with van der Waals surface area (Å²) in [7, 11) is -3.36. The first-order valence-electron chi connectivity index (χ1n) is 7.58. The Morgan fingerprint density at radius 2 is 2.10 bits per heavy atom. The Labute approximate surface area is 127 Å². The smallest absolute Gasteiger partial charge is 0.236 e. The third-order valence-corrected chi connectivity index (χ3v) is 5.18. The Bertz CT molecular complexity index is 549. The van der Waals surface area contributed by atoms with Gasteiger partial charge in [-0.1, -0.05) is 37.3 Å².